The van der Waals surface area contributed by atoms with Gasteiger partial charge < -0.3 is 5.73 Å². The number of nitrogens with one attached hydrogen (secondary N) is 1. The number of aromatic nitrogens is 2. The van der Waals surface area contributed by atoms with E-state index in [1.807, 2.05) is 6.92 Å². The van der Waals surface area contributed by atoms with Gasteiger partial charge in [0.25, 0.3) is 10.0 Å². The number of nitrogens with zero attached hydrogens (tertiary/aromatic N) is 2. The number of sulfonamides is 1. The molecule has 118 valence electrons. The Kier molecular flexibility index (Phi) is 4.07. The highest BCUT2D eigenvalue weighted by Crippen LogP contribution is 2.38. The lowest BCUT2D eigenvalue weighted by Crippen LogP contribution is -2.49. The first-order valence-corrected chi connectivity index (χ1v) is 9.25. The van der Waals surface area contributed by atoms with Crippen LogP contribution in [-0.2, 0) is 16.6 Å². The zero-order chi connectivity index (χ0) is 15.0. The minimum Gasteiger partial charge on any atom is -0.326 e. The van der Waals surface area contributed by atoms with E-state index >= 15 is 0 Å². The summed E-state index contributed by atoms with van der Waals surface area (Å²) < 4.78 is 27.7. The average Bonchev–Trinajstić information content (AvgIpc) is 2.88. The van der Waals surface area contributed by atoms with Gasteiger partial charge in [0.15, 0.2) is 5.03 Å². The molecule has 0 radical (unpaired) electrons. The van der Waals surface area contributed by atoms with Crippen LogP contribution in [0.5, 0.6) is 0 Å². The van der Waals surface area contributed by atoms with E-state index in [1.165, 1.54) is 6.42 Å². The number of piperidine rings is 1. The van der Waals surface area contributed by atoms with Crippen molar-refractivity contribution in [3.8, 4) is 0 Å². The third-order valence-electron chi connectivity index (χ3n) is 4.99. The molecule has 2 aliphatic rings. The van der Waals surface area contributed by atoms with Gasteiger partial charge in [0.05, 0.1) is 0 Å². The molecule has 0 amide bonds. The lowest BCUT2D eigenvalue weighted by molar-refractivity contribution is 0.128. The van der Waals surface area contributed by atoms with Gasteiger partial charge >= 0.3 is 0 Å². The zero-order valence-corrected chi connectivity index (χ0v) is 13.3. The molecule has 0 spiro atoms. The molecule has 2 fully saturated rings. The molecule has 1 aromatic rings. The molecule has 7 heteroatoms. The number of rotatable bonds is 3. The number of fused-ring (bicyclic) bond motifs is 1. The second kappa shape index (κ2) is 5.70. The van der Waals surface area contributed by atoms with Crippen LogP contribution in [0.25, 0.3) is 0 Å². The lowest BCUT2D eigenvalue weighted by Gasteiger charge is -2.42. The predicted octanol–water partition coefficient (Wildman–Crippen LogP) is 1.52. The van der Waals surface area contributed by atoms with Crippen LogP contribution in [0.4, 0.5) is 0 Å². The van der Waals surface area contributed by atoms with E-state index in [0.717, 1.165) is 37.8 Å². The van der Waals surface area contributed by atoms with E-state index in [1.54, 1.807) is 4.31 Å². The number of aryl methyl sites for hydroxylation is 1. The topological polar surface area (TPSA) is 92.1 Å². The highest BCUT2D eigenvalue weighted by atomic mass is 32.2. The monoisotopic (exact) mass is 312 g/mol. The summed E-state index contributed by atoms with van der Waals surface area (Å²) in [5, 5.41) is 6.94. The van der Waals surface area contributed by atoms with E-state index < -0.39 is 10.0 Å². The van der Waals surface area contributed by atoms with Crippen LogP contribution in [-0.4, -0.2) is 35.5 Å². The molecule has 1 aliphatic heterocycles. The van der Waals surface area contributed by atoms with Crippen LogP contribution in [0.1, 0.15) is 49.8 Å². The van der Waals surface area contributed by atoms with E-state index in [0.29, 0.717) is 18.0 Å². The third-order valence-corrected chi connectivity index (χ3v) is 6.88. The average molecular weight is 312 g/mol. The summed E-state index contributed by atoms with van der Waals surface area (Å²) in [5.74, 6) is 0.517. The third kappa shape index (κ3) is 2.51. The van der Waals surface area contributed by atoms with Gasteiger partial charge in [-0.3, -0.25) is 5.10 Å². The largest absolute Gasteiger partial charge is 0.326 e. The van der Waals surface area contributed by atoms with Crippen molar-refractivity contribution in [3.63, 3.8) is 0 Å². The van der Waals surface area contributed by atoms with Crippen molar-refractivity contribution in [2.75, 3.05) is 6.54 Å². The predicted molar refractivity (Wildman–Crippen MR) is 80.1 cm³/mol. The van der Waals surface area contributed by atoms with Crippen molar-refractivity contribution < 1.29 is 8.42 Å². The van der Waals surface area contributed by atoms with Crippen LogP contribution in [0.3, 0.4) is 0 Å². The fourth-order valence-electron chi connectivity index (χ4n) is 3.87. The molecule has 2 atom stereocenters. The van der Waals surface area contributed by atoms with Gasteiger partial charge in [0, 0.05) is 30.4 Å². The van der Waals surface area contributed by atoms with Crippen molar-refractivity contribution in [2.45, 2.75) is 63.1 Å². The Hall–Kier alpha value is -0.920. The Morgan fingerprint density at radius 1 is 1.29 bits per heavy atom. The summed E-state index contributed by atoms with van der Waals surface area (Å²) in [6, 6.07) is 0.153. The van der Waals surface area contributed by atoms with Crippen molar-refractivity contribution in [1.82, 2.24) is 14.5 Å². The second-order valence-corrected chi connectivity index (χ2v) is 8.01. The molecule has 3 rings (SSSR count). The fourth-order valence-corrected chi connectivity index (χ4v) is 5.81. The maximum absolute atomic E-state index is 13.0. The van der Waals surface area contributed by atoms with Crippen molar-refractivity contribution in [3.05, 3.63) is 11.3 Å². The number of hydrogen-bond donors (Lipinski definition) is 2. The smallest absolute Gasteiger partial charge is 0.262 e. The highest BCUT2D eigenvalue weighted by Gasteiger charge is 2.41. The van der Waals surface area contributed by atoms with Gasteiger partial charge in [-0.2, -0.15) is 9.40 Å². The molecule has 2 heterocycles. The zero-order valence-electron chi connectivity index (χ0n) is 12.5. The van der Waals surface area contributed by atoms with Gasteiger partial charge in [0.2, 0.25) is 0 Å². The minimum absolute atomic E-state index is 0.133. The summed E-state index contributed by atoms with van der Waals surface area (Å²) >= 11 is 0. The Morgan fingerprint density at radius 3 is 2.76 bits per heavy atom. The first-order chi connectivity index (χ1) is 10.1. The quantitative estimate of drug-likeness (QED) is 0.885. The first kappa shape index (κ1) is 15.0. The van der Waals surface area contributed by atoms with Gasteiger partial charge in [-0.25, -0.2) is 8.42 Å². The van der Waals surface area contributed by atoms with Crippen LogP contribution in [0.15, 0.2) is 5.03 Å². The molecule has 1 saturated heterocycles. The van der Waals surface area contributed by atoms with Gasteiger partial charge in [0.1, 0.15) is 0 Å². The van der Waals surface area contributed by atoms with E-state index in [-0.39, 0.29) is 17.6 Å². The van der Waals surface area contributed by atoms with E-state index in [2.05, 4.69) is 10.2 Å². The van der Waals surface area contributed by atoms with Crippen molar-refractivity contribution >= 4 is 10.0 Å². The summed E-state index contributed by atoms with van der Waals surface area (Å²) in [5.41, 5.74) is 7.07. The van der Waals surface area contributed by atoms with Gasteiger partial charge in [-0.1, -0.05) is 12.8 Å². The molecular formula is C14H24N4O2S. The highest BCUT2D eigenvalue weighted by molar-refractivity contribution is 7.89. The minimum atomic E-state index is -3.54. The molecule has 1 aromatic heterocycles. The molecule has 2 unspecified atom stereocenters. The number of nitrogens with two attached hydrogens (primary N) is 1. The Morgan fingerprint density at radius 2 is 2.00 bits per heavy atom. The molecule has 0 bridgehead atoms. The number of hydrogen-bond acceptors (Lipinski definition) is 4. The van der Waals surface area contributed by atoms with Gasteiger partial charge in [-0.15, -0.1) is 0 Å². The lowest BCUT2D eigenvalue weighted by atomic mass is 9.79. The van der Waals surface area contributed by atoms with Crippen molar-refractivity contribution in [2.24, 2.45) is 11.7 Å². The summed E-state index contributed by atoms with van der Waals surface area (Å²) in [7, 11) is -3.54. The van der Waals surface area contributed by atoms with Crippen LogP contribution >= 0.6 is 0 Å². The standard InChI is InChI=1S/C14H24N4O2S/c1-10-12(9-15)14(17-16-10)21(19,20)18-8-4-6-11-5-2-3-7-13(11)18/h11,13H,2-9,15H2,1H3,(H,16,17). The second-order valence-electron chi connectivity index (χ2n) is 6.21. The molecule has 1 aliphatic carbocycles. The SMILES string of the molecule is Cc1[nH]nc(S(=O)(=O)N2CCCC3CCCCC32)c1CN. The Balaban J connectivity index is 1.96. The number of aromatic amines is 1. The molecule has 6 nitrogen and oxygen atoms in total. The Bertz CT molecular complexity index is 608. The fraction of sp³-hybridized carbons (Fsp3) is 0.786. The molecule has 3 N–H and O–H groups in total. The van der Waals surface area contributed by atoms with Crippen LogP contribution in [0.2, 0.25) is 0 Å². The van der Waals surface area contributed by atoms with E-state index in [4.69, 9.17) is 5.73 Å². The van der Waals surface area contributed by atoms with Crippen LogP contribution < -0.4 is 5.73 Å². The maximum atomic E-state index is 13.0. The summed E-state index contributed by atoms with van der Waals surface area (Å²) in [6.45, 7) is 2.62. The first-order valence-electron chi connectivity index (χ1n) is 7.81. The molecule has 0 aromatic carbocycles. The van der Waals surface area contributed by atoms with Crippen LogP contribution in [0, 0.1) is 12.8 Å². The van der Waals surface area contributed by atoms with Gasteiger partial charge in [-0.05, 0) is 38.5 Å². The summed E-state index contributed by atoms with van der Waals surface area (Å²) in [4.78, 5) is 0. The molecule has 21 heavy (non-hydrogen) atoms. The molecule has 1 saturated carbocycles. The molecular weight excluding hydrogens is 288 g/mol. The van der Waals surface area contributed by atoms with E-state index in [9.17, 15) is 8.42 Å². The number of H-pyrrole nitrogens is 1. The summed E-state index contributed by atoms with van der Waals surface area (Å²) in [6.07, 6.45) is 6.58. The van der Waals surface area contributed by atoms with Crippen molar-refractivity contribution in [1.29, 1.82) is 0 Å². The Labute approximate surface area is 126 Å². The maximum Gasteiger partial charge on any atom is 0.262 e. The normalized spacial score (nSPS) is 27.5.